The van der Waals surface area contributed by atoms with E-state index in [1.807, 2.05) is 6.92 Å². The smallest absolute Gasteiger partial charge is 0.220 e. The van der Waals surface area contributed by atoms with E-state index < -0.39 is 6.04 Å². The molecular weight excluding hydrogens is 248 g/mol. The second-order valence-corrected chi connectivity index (χ2v) is 4.96. The number of carbonyl (C=O) groups excluding carboxylic acids is 3. The summed E-state index contributed by atoms with van der Waals surface area (Å²) in [5.41, 5.74) is 5.14. The number of carbonyl (C=O) groups is 3. The minimum atomic E-state index is -0.522. The average molecular weight is 270 g/mol. The number of rotatable bonds is 7. The van der Waals surface area contributed by atoms with E-state index in [1.54, 1.807) is 6.92 Å². The molecule has 0 aromatic rings. The molecule has 1 rings (SSSR count). The Morgan fingerprint density at radius 3 is 2.79 bits per heavy atom. The summed E-state index contributed by atoms with van der Waals surface area (Å²) in [7, 11) is 0. The van der Waals surface area contributed by atoms with Gasteiger partial charge in [0, 0.05) is 12.3 Å². The summed E-state index contributed by atoms with van der Waals surface area (Å²) in [4.78, 5) is 34.1. The molecule has 0 aromatic carbocycles. The zero-order valence-corrected chi connectivity index (χ0v) is 11.5. The highest BCUT2D eigenvalue weighted by Crippen LogP contribution is 2.14. The van der Waals surface area contributed by atoms with Crippen molar-refractivity contribution in [2.45, 2.75) is 51.7 Å². The SMILES string of the molecule is CCC1OCC(=O)C1NC(=O)CCCC(C)C(N)=O. The summed E-state index contributed by atoms with van der Waals surface area (Å²) < 4.78 is 5.28. The van der Waals surface area contributed by atoms with Crippen LogP contribution < -0.4 is 11.1 Å². The lowest BCUT2D eigenvalue weighted by molar-refractivity contribution is -0.126. The van der Waals surface area contributed by atoms with Gasteiger partial charge in [0.2, 0.25) is 11.8 Å². The maximum Gasteiger partial charge on any atom is 0.220 e. The Morgan fingerprint density at radius 2 is 2.21 bits per heavy atom. The predicted molar refractivity (Wildman–Crippen MR) is 69.2 cm³/mol. The van der Waals surface area contributed by atoms with Crippen LogP contribution in [0.4, 0.5) is 0 Å². The van der Waals surface area contributed by atoms with Gasteiger partial charge in [0.05, 0.1) is 6.10 Å². The maximum atomic E-state index is 11.7. The summed E-state index contributed by atoms with van der Waals surface area (Å²) in [5, 5.41) is 2.70. The van der Waals surface area contributed by atoms with Crippen LogP contribution in [0.2, 0.25) is 0 Å². The van der Waals surface area contributed by atoms with Gasteiger partial charge in [-0.25, -0.2) is 0 Å². The first-order valence-corrected chi connectivity index (χ1v) is 6.68. The van der Waals surface area contributed by atoms with Gasteiger partial charge in [-0.05, 0) is 19.3 Å². The van der Waals surface area contributed by atoms with Crippen molar-refractivity contribution in [1.82, 2.24) is 5.32 Å². The van der Waals surface area contributed by atoms with Crippen LogP contribution in [0.15, 0.2) is 0 Å². The molecule has 0 spiro atoms. The number of nitrogens with two attached hydrogens (primary N) is 1. The molecule has 3 unspecified atom stereocenters. The number of nitrogens with one attached hydrogen (secondary N) is 1. The van der Waals surface area contributed by atoms with E-state index >= 15 is 0 Å². The second kappa shape index (κ2) is 7.23. The molecule has 19 heavy (non-hydrogen) atoms. The topological polar surface area (TPSA) is 98.5 Å². The summed E-state index contributed by atoms with van der Waals surface area (Å²) in [6, 6.07) is -0.522. The highest BCUT2D eigenvalue weighted by Gasteiger charge is 2.35. The van der Waals surface area contributed by atoms with E-state index in [4.69, 9.17) is 10.5 Å². The number of amides is 2. The molecule has 3 atom stereocenters. The summed E-state index contributed by atoms with van der Waals surface area (Å²) in [6.07, 6.45) is 1.91. The average Bonchev–Trinajstić information content (AvgIpc) is 2.70. The quantitative estimate of drug-likeness (QED) is 0.687. The Kier molecular flexibility index (Phi) is 5.95. The number of hydrogen-bond acceptors (Lipinski definition) is 4. The molecule has 0 bridgehead atoms. The third kappa shape index (κ3) is 4.63. The molecule has 1 aliphatic rings. The lowest BCUT2D eigenvalue weighted by Crippen LogP contribution is -2.44. The van der Waals surface area contributed by atoms with Gasteiger partial charge in [-0.2, -0.15) is 0 Å². The Balaban J connectivity index is 2.31. The Labute approximate surface area is 113 Å². The molecule has 1 aliphatic heterocycles. The van der Waals surface area contributed by atoms with Crippen LogP contribution in [-0.4, -0.2) is 36.4 Å². The van der Waals surface area contributed by atoms with Crippen LogP contribution in [0.5, 0.6) is 0 Å². The van der Waals surface area contributed by atoms with Crippen molar-refractivity contribution >= 4 is 17.6 Å². The van der Waals surface area contributed by atoms with Gasteiger partial charge in [-0.3, -0.25) is 14.4 Å². The molecule has 6 nitrogen and oxygen atoms in total. The number of primary amides is 1. The molecule has 2 amide bonds. The molecule has 0 aromatic heterocycles. The van der Waals surface area contributed by atoms with Crippen molar-refractivity contribution in [3.63, 3.8) is 0 Å². The van der Waals surface area contributed by atoms with Crippen molar-refractivity contribution in [3.05, 3.63) is 0 Å². The molecule has 108 valence electrons. The molecule has 1 heterocycles. The molecule has 0 saturated carbocycles. The lowest BCUT2D eigenvalue weighted by Gasteiger charge is -2.17. The van der Waals surface area contributed by atoms with Crippen LogP contribution in [0.1, 0.15) is 39.5 Å². The van der Waals surface area contributed by atoms with Gasteiger partial charge in [0.15, 0.2) is 5.78 Å². The first-order chi connectivity index (χ1) is 8.95. The maximum absolute atomic E-state index is 11.7. The Hall–Kier alpha value is -1.43. The lowest BCUT2D eigenvalue weighted by atomic mass is 10.0. The van der Waals surface area contributed by atoms with Crippen LogP contribution in [0.25, 0.3) is 0 Å². The fourth-order valence-electron chi connectivity index (χ4n) is 2.07. The van der Waals surface area contributed by atoms with Crippen LogP contribution in [0, 0.1) is 5.92 Å². The summed E-state index contributed by atoms with van der Waals surface area (Å²) >= 11 is 0. The van der Waals surface area contributed by atoms with Crippen LogP contribution >= 0.6 is 0 Å². The minimum absolute atomic E-state index is 0.0716. The molecule has 1 saturated heterocycles. The number of ketones is 1. The van der Waals surface area contributed by atoms with Crippen molar-refractivity contribution in [2.75, 3.05) is 6.61 Å². The standard InChI is InChI=1S/C13H22N2O4/c1-3-10-12(9(16)7-19-10)15-11(17)6-4-5-8(2)13(14)18/h8,10,12H,3-7H2,1-2H3,(H2,14,18)(H,15,17). The summed E-state index contributed by atoms with van der Waals surface area (Å²) in [5.74, 6) is -0.844. The van der Waals surface area contributed by atoms with E-state index in [0.717, 1.165) is 0 Å². The van der Waals surface area contributed by atoms with Crippen molar-refractivity contribution in [3.8, 4) is 0 Å². The van der Waals surface area contributed by atoms with Crippen molar-refractivity contribution in [2.24, 2.45) is 11.7 Å². The third-order valence-corrected chi connectivity index (χ3v) is 3.40. The third-order valence-electron chi connectivity index (χ3n) is 3.40. The molecule has 6 heteroatoms. The Morgan fingerprint density at radius 1 is 1.53 bits per heavy atom. The van der Waals surface area contributed by atoms with Crippen LogP contribution in [0.3, 0.4) is 0 Å². The molecule has 0 aliphatic carbocycles. The predicted octanol–water partition coefficient (Wildman–Crippen LogP) is 0.141. The van der Waals surface area contributed by atoms with E-state index in [0.29, 0.717) is 19.3 Å². The number of ether oxygens (including phenoxy) is 1. The summed E-state index contributed by atoms with van der Waals surface area (Å²) in [6.45, 7) is 3.72. The largest absolute Gasteiger partial charge is 0.369 e. The van der Waals surface area contributed by atoms with E-state index in [-0.39, 0.29) is 42.6 Å². The molecule has 1 fully saturated rings. The zero-order valence-electron chi connectivity index (χ0n) is 11.5. The minimum Gasteiger partial charge on any atom is -0.369 e. The van der Waals surface area contributed by atoms with Crippen molar-refractivity contribution in [1.29, 1.82) is 0 Å². The fraction of sp³-hybridized carbons (Fsp3) is 0.769. The molecule has 3 N–H and O–H groups in total. The first-order valence-electron chi connectivity index (χ1n) is 6.68. The van der Waals surface area contributed by atoms with Gasteiger partial charge < -0.3 is 15.8 Å². The number of hydrogen-bond donors (Lipinski definition) is 2. The first kappa shape index (κ1) is 15.6. The van der Waals surface area contributed by atoms with Gasteiger partial charge in [0.1, 0.15) is 12.6 Å². The van der Waals surface area contributed by atoms with Crippen molar-refractivity contribution < 1.29 is 19.1 Å². The molecule has 0 radical (unpaired) electrons. The van der Waals surface area contributed by atoms with Gasteiger partial charge in [-0.15, -0.1) is 0 Å². The number of Topliss-reactive ketones (excluding diaryl/α,β-unsaturated/α-hetero) is 1. The molecular formula is C13H22N2O4. The van der Waals surface area contributed by atoms with E-state index in [9.17, 15) is 14.4 Å². The van der Waals surface area contributed by atoms with Gasteiger partial charge >= 0.3 is 0 Å². The normalized spacial score (nSPS) is 24.2. The van der Waals surface area contributed by atoms with Gasteiger partial charge in [0.25, 0.3) is 0 Å². The van der Waals surface area contributed by atoms with E-state index in [2.05, 4.69) is 5.32 Å². The van der Waals surface area contributed by atoms with E-state index in [1.165, 1.54) is 0 Å². The second-order valence-electron chi connectivity index (χ2n) is 4.96. The zero-order chi connectivity index (χ0) is 14.4. The monoisotopic (exact) mass is 270 g/mol. The Bertz CT molecular complexity index is 357. The fourth-order valence-corrected chi connectivity index (χ4v) is 2.07. The highest BCUT2D eigenvalue weighted by molar-refractivity contribution is 5.91. The van der Waals surface area contributed by atoms with Crippen LogP contribution in [-0.2, 0) is 19.1 Å². The highest BCUT2D eigenvalue weighted by atomic mass is 16.5. The van der Waals surface area contributed by atoms with Gasteiger partial charge in [-0.1, -0.05) is 13.8 Å².